The van der Waals surface area contributed by atoms with E-state index >= 15 is 0 Å². The summed E-state index contributed by atoms with van der Waals surface area (Å²) in [6.45, 7) is 1.11. The zero-order valence-corrected chi connectivity index (χ0v) is 15.4. The molecule has 2 amide bonds. The van der Waals surface area contributed by atoms with E-state index in [0.717, 1.165) is 5.56 Å². The smallest absolute Gasteiger partial charge is 0.315 e. The first kappa shape index (κ1) is 19.6. The first-order chi connectivity index (χ1) is 13.0. The van der Waals surface area contributed by atoms with Crippen LogP contribution in [0, 0.1) is 11.7 Å². The molecule has 3 N–H and O–H groups in total. The quantitative estimate of drug-likeness (QED) is 0.735. The van der Waals surface area contributed by atoms with E-state index in [1.807, 2.05) is 6.07 Å². The normalized spacial score (nSPS) is 24.8. The number of benzene rings is 1. The summed E-state index contributed by atoms with van der Waals surface area (Å²) in [5, 5.41) is 15.2. The zero-order chi connectivity index (χ0) is 19.3. The Labute approximate surface area is 158 Å². The van der Waals surface area contributed by atoms with Crippen molar-refractivity contribution in [2.45, 2.75) is 56.5 Å². The van der Waals surface area contributed by atoms with Gasteiger partial charge in [-0.2, -0.15) is 0 Å². The number of carbonyl (C=O) groups excluding carboxylic acids is 1. The van der Waals surface area contributed by atoms with E-state index in [1.165, 1.54) is 12.1 Å². The topological polar surface area (TPSA) is 87.7 Å². The summed E-state index contributed by atoms with van der Waals surface area (Å²) in [6, 6.07) is 6.21. The van der Waals surface area contributed by atoms with E-state index in [4.69, 9.17) is 9.84 Å². The molecule has 1 aliphatic carbocycles. The number of halogens is 1. The van der Waals surface area contributed by atoms with Gasteiger partial charge in [-0.05, 0) is 62.6 Å². The Morgan fingerprint density at radius 1 is 1.19 bits per heavy atom. The van der Waals surface area contributed by atoms with Crippen LogP contribution in [0.3, 0.4) is 0 Å². The van der Waals surface area contributed by atoms with Crippen LogP contribution in [0.2, 0.25) is 0 Å². The number of carbonyl (C=O) groups is 2. The molecular formula is C20H27FN2O4. The number of amides is 2. The van der Waals surface area contributed by atoms with E-state index in [0.29, 0.717) is 58.2 Å². The molecule has 0 radical (unpaired) electrons. The second-order valence-electron chi connectivity index (χ2n) is 7.68. The second-order valence-corrected chi connectivity index (χ2v) is 7.68. The number of urea groups is 1. The van der Waals surface area contributed by atoms with Crippen LogP contribution in [0.4, 0.5) is 9.18 Å². The van der Waals surface area contributed by atoms with Gasteiger partial charge in [-0.25, -0.2) is 9.18 Å². The molecule has 2 fully saturated rings. The molecule has 1 saturated heterocycles. The minimum absolute atomic E-state index is 0.00772. The van der Waals surface area contributed by atoms with Gasteiger partial charge in [0.05, 0.1) is 11.5 Å². The van der Waals surface area contributed by atoms with Gasteiger partial charge in [0, 0.05) is 19.3 Å². The van der Waals surface area contributed by atoms with Crippen molar-refractivity contribution in [3.8, 4) is 0 Å². The average Bonchev–Trinajstić information content (AvgIpc) is 2.62. The third-order valence-corrected chi connectivity index (χ3v) is 5.67. The predicted octanol–water partition coefficient (Wildman–Crippen LogP) is 2.86. The summed E-state index contributed by atoms with van der Waals surface area (Å²) in [5.74, 6) is -1.34. The molecule has 1 aliphatic heterocycles. The number of ether oxygens (including phenoxy) is 1. The molecule has 7 heteroatoms. The van der Waals surface area contributed by atoms with Crippen LogP contribution >= 0.6 is 0 Å². The highest BCUT2D eigenvalue weighted by Gasteiger charge is 2.35. The Bertz CT molecular complexity index is 668. The molecule has 2 aliphatic rings. The van der Waals surface area contributed by atoms with Crippen molar-refractivity contribution in [3.63, 3.8) is 0 Å². The minimum Gasteiger partial charge on any atom is -0.481 e. The highest BCUT2D eigenvalue weighted by molar-refractivity contribution is 5.75. The number of carboxylic acids is 1. The highest BCUT2D eigenvalue weighted by atomic mass is 19.1. The van der Waals surface area contributed by atoms with Crippen LogP contribution in [0.1, 0.15) is 44.1 Å². The number of aliphatic carboxylic acids is 1. The summed E-state index contributed by atoms with van der Waals surface area (Å²) in [7, 11) is 0. The fraction of sp³-hybridized carbons (Fsp3) is 0.600. The fourth-order valence-corrected chi connectivity index (χ4v) is 4.09. The predicted molar refractivity (Wildman–Crippen MR) is 97.9 cm³/mol. The lowest BCUT2D eigenvalue weighted by molar-refractivity contribution is -0.142. The zero-order valence-electron chi connectivity index (χ0n) is 15.4. The average molecular weight is 378 g/mol. The molecule has 0 aromatic heterocycles. The number of carboxylic acid groups (broad SMARTS) is 1. The van der Waals surface area contributed by atoms with Crippen molar-refractivity contribution in [1.29, 1.82) is 0 Å². The van der Waals surface area contributed by atoms with Gasteiger partial charge in [-0.15, -0.1) is 0 Å². The van der Waals surface area contributed by atoms with Gasteiger partial charge in [-0.1, -0.05) is 12.1 Å². The molecule has 6 nitrogen and oxygen atoms in total. The molecule has 0 unspecified atom stereocenters. The summed E-state index contributed by atoms with van der Waals surface area (Å²) in [5.41, 5.74) is 0.383. The van der Waals surface area contributed by atoms with Crippen LogP contribution in [-0.2, 0) is 16.0 Å². The fourth-order valence-electron chi connectivity index (χ4n) is 4.09. The second kappa shape index (κ2) is 8.69. The molecule has 0 atom stereocenters. The van der Waals surface area contributed by atoms with Crippen molar-refractivity contribution in [3.05, 3.63) is 35.6 Å². The Kier molecular flexibility index (Phi) is 6.31. The molecule has 27 heavy (non-hydrogen) atoms. The number of hydrogen-bond acceptors (Lipinski definition) is 3. The van der Waals surface area contributed by atoms with Crippen LogP contribution < -0.4 is 10.6 Å². The van der Waals surface area contributed by atoms with Crippen molar-refractivity contribution < 1.29 is 23.8 Å². The molecule has 1 heterocycles. The van der Waals surface area contributed by atoms with E-state index in [1.54, 1.807) is 6.07 Å². The van der Waals surface area contributed by atoms with E-state index in [-0.39, 0.29) is 23.8 Å². The highest BCUT2D eigenvalue weighted by Crippen LogP contribution is 2.27. The van der Waals surface area contributed by atoms with Gasteiger partial charge in [0.1, 0.15) is 5.82 Å². The number of hydrogen-bond donors (Lipinski definition) is 3. The maximum atomic E-state index is 13.5. The summed E-state index contributed by atoms with van der Waals surface area (Å²) < 4.78 is 19.0. The van der Waals surface area contributed by atoms with Gasteiger partial charge in [-0.3, -0.25) is 4.79 Å². The Balaban J connectivity index is 1.59. The first-order valence-corrected chi connectivity index (χ1v) is 9.59. The largest absolute Gasteiger partial charge is 0.481 e. The number of rotatable bonds is 5. The Morgan fingerprint density at radius 3 is 2.52 bits per heavy atom. The van der Waals surface area contributed by atoms with Gasteiger partial charge in [0.25, 0.3) is 0 Å². The maximum Gasteiger partial charge on any atom is 0.315 e. The van der Waals surface area contributed by atoms with Crippen molar-refractivity contribution in [2.24, 2.45) is 5.92 Å². The lowest BCUT2D eigenvalue weighted by atomic mass is 9.83. The van der Waals surface area contributed by atoms with Crippen molar-refractivity contribution in [2.75, 3.05) is 13.2 Å². The lowest BCUT2D eigenvalue weighted by Crippen LogP contribution is -2.57. The van der Waals surface area contributed by atoms with Crippen LogP contribution in [0.25, 0.3) is 0 Å². The van der Waals surface area contributed by atoms with Gasteiger partial charge in [0.2, 0.25) is 0 Å². The summed E-state index contributed by atoms with van der Waals surface area (Å²) in [6.07, 6.45) is 4.40. The summed E-state index contributed by atoms with van der Waals surface area (Å²) >= 11 is 0. The van der Waals surface area contributed by atoms with Gasteiger partial charge in [0.15, 0.2) is 0 Å². The molecule has 3 rings (SSSR count). The Hall–Kier alpha value is -2.15. The van der Waals surface area contributed by atoms with Gasteiger partial charge >= 0.3 is 12.0 Å². The van der Waals surface area contributed by atoms with Gasteiger partial charge < -0.3 is 20.5 Å². The SMILES string of the molecule is O=C(NC1CCC(C(=O)O)CC1)NC1(Cc2cccc(F)c2)CCOCC1. The first-order valence-electron chi connectivity index (χ1n) is 9.59. The molecule has 0 spiro atoms. The third kappa shape index (κ3) is 5.42. The van der Waals surface area contributed by atoms with Crippen LogP contribution in [0.5, 0.6) is 0 Å². The number of nitrogens with one attached hydrogen (secondary N) is 2. The maximum absolute atomic E-state index is 13.5. The van der Waals surface area contributed by atoms with Crippen LogP contribution in [0.15, 0.2) is 24.3 Å². The molecule has 1 saturated carbocycles. The lowest BCUT2D eigenvalue weighted by Gasteiger charge is -2.39. The molecule has 148 valence electrons. The Morgan fingerprint density at radius 2 is 1.89 bits per heavy atom. The molecule has 1 aromatic rings. The summed E-state index contributed by atoms with van der Waals surface area (Å²) in [4.78, 5) is 23.7. The molecule has 0 bridgehead atoms. The van der Waals surface area contributed by atoms with Crippen LogP contribution in [-0.4, -0.2) is 41.9 Å². The monoisotopic (exact) mass is 378 g/mol. The van der Waals surface area contributed by atoms with E-state index < -0.39 is 11.5 Å². The van der Waals surface area contributed by atoms with E-state index in [9.17, 15) is 14.0 Å². The molecular weight excluding hydrogens is 351 g/mol. The standard InChI is InChI=1S/C20H27FN2O4/c21-16-3-1-2-14(12-16)13-20(8-10-27-11-9-20)23-19(26)22-17-6-4-15(5-7-17)18(24)25/h1-3,12,15,17H,4-11,13H2,(H,24,25)(H2,22,23,26). The van der Waals surface area contributed by atoms with E-state index in [2.05, 4.69) is 10.6 Å². The minimum atomic E-state index is -0.755. The van der Waals surface area contributed by atoms with Crippen molar-refractivity contribution >= 4 is 12.0 Å². The molecule has 1 aromatic carbocycles. The van der Waals surface area contributed by atoms with Crippen molar-refractivity contribution in [1.82, 2.24) is 10.6 Å². The third-order valence-electron chi connectivity index (χ3n) is 5.67.